The van der Waals surface area contributed by atoms with Gasteiger partial charge in [-0.25, -0.2) is 8.78 Å². The average molecular weight is 236 g/mol. The van der Waals surface area contributed by atoms with Crippen LogP contribution in [0.1, 0.15) is 43.6 Å². The average Bonchev–Trinajstić information content (AvgIpc) is 2.38. The van der Waals surface area contributed by atoms with Crippen LogP contribution >= 0.6 is 0 Å². The summed E-state index contributed by atoms with van der Waals surface area (Å²) in [5.74, 6) is 1.01. The molecule has 0 amide bonds. The van der Waals surface area contributed by atoms with Crippen molar-refractivity contribution in [2.24, 2.45) is 5.92 Å². The van der Waals surface area contributed by atoms with Crippen LogP contribution in [0.15, 0.2) is 36.7 Å². The SMILES string of the molecule is FC=CCC1CCC(c2ccc(F)cc2)CC1. The summed E-state index contributed by atoms with van der Waals surface area (Å²) in [4.78, 5) is 0. The molecule has 0 atom stereocenters. The number of hydrogen-bond acceptors (Lipinski definition) is 0. The van der Waals surface area contributed by atoms with Gasteiger partial charge in [0.05, 0.1) is 6.33 Å². The Hall–Kier alpha value is -1.18. The zero-order valence-corrected chi connectivity index (χ0v) is 9.91. The van der Waals surface area contributed by atoms with Gasteiger partial charge in [-0.15, -0.1) is 0 Å². The molecule has 1 aliphatic rings. The van der Waals surface area contributed by atoms with Crippen LogP contribution in [0.25, 0.3) is 0 Å². The Morgan fingerprint density at radius 2 is 1.71 bits per heavy atom. The van der Waals surface area contributed by atoms with Gasteiger partial charge in [0, 0.05) is 0 Å². The molecule has 0 N–H and O–H groups in total. The minimum Gasteiger partial charge on any atom is -0.216 e. The fourth-order valence-electron chi connectivity index (χ4n) is 2.71. The Kier molecular flexibility index (Phi) is 4.29. The van der Waals surface area contributed by atoms with Crippen LogP contribution in [-0.2, 0) is 0 Å². The van der Waals surface area contributed by atoms with Gasteiger partial charge in [0.15, 0.2) is 0 Å². The van der Waals surface area contributed by atoms with E-state index in [4.69, 9.17) is 0 Å². The van der Waals surface area contributed by atoms with Crippen LogP contribution < -0.4 is 0 Å². The van der Waals surface area contributed by atoms with Crippen LogP contribution in [0.3, 0.4) is 0 Å². The van der Waals surface area contributed by atoms with Crippen molar-refractivity contribution in [3.05, 3.63) is 48.1 Å². The molecule has 0 radical (unpaired) electrons. The first-order valence-corrected chi connectivity index (χ1v) is 6.30. The van der Waals surface area contributed by atoms with E-state index in [2.05, 4.69) is 0 Å². The van der Waals surface area contributed by atoms with Gasteiger partial charge in [-0.1, -0.05) is 18.2 Å². The Balaban J connectivity index is 1.88. The third kappa shape index (κ3) is 3.39. The molecule has 0 heterocycles. The first-order chi connectivity index (χ1) is 8.29. The second-order valence-electron chi connectivity index (χ2n) is 4.87. The highest BCUT2D eigenvalue weighted by molar-refractivity contribution is 5.20. The Morgan fingerprint density at radius 3 is 2.29 bits per heavy atom. The lowest BCUT2D eigenvalue weighted by Gasteiger charge is -2.28. The molecule has 1 aliphatic carbocycles. The third-order valence-electron chi connectivity index (χ3n) is 3.75. The Labute approximate surface area is 101 Å². The predicted octanol–water partition coefficient (Wildman–Crippen LogP) is 4.97. The fraction of sp³-hybridized carbons (Fsp3) is 0.467. The van der Waals surface area contributed by atoms with Crippen LogP contribution in [0, 0.1) is 11.7 Å². The smallest absolute Gasteiger partial charge is 0.123 e. The summed E-state index contributed by atoms with van der Waals surface area (Å²) in [7, 11) is 0. The van der Waals surface area contributed by atoms with E-state index in [-0.39, 0.29) is 5.82 Å². The van der Waals surface area contributed by atoms with E-state index in [0.29, 0.717) is 18.2 Å². The van der Waals surface area contributed by atoms with Crippen LogP contribution in [0.4, 0.5) is 8.78 Å². The first kappa shape index (κ1) is 12.3. The zero-order chi connectivity index (χ0) is 12.1. The summed E-state index contributed by atoms with van der Waals surface area (Å²) < 4.78 is 24.7. The highest BCUT2D eigenvalue weighted by Crippen LogP contribution is 2.37. The fourth-order valence-corrected chi connectivity index (χ4v) is 2.71. The predicted molar refractivity (Wildman–Crippen MR) is 66.0 cm³/mol. The van der Waals surface area contributed by atoms with Crippen molar-refractivity contribution < 1.29 is 8.78 Å². The molecule has 2 rings (SSSR count). The monoisotopic (exact) mass is 236 g/mol. The van der Waals surface area contributed by atoms with Crippen LogP contribution in [0.2, 0.25) is 0 Å². The van der Waals surface area contributed by atoms with Crippen molar-refractivity contribution in [3.63, 3.8) is 0 Å². The second kappa shape index (κ2) is 5.95. The highest BCUT2D eigenvalue weighted by Gasteiger charge is 2.21. The second-order valence-corrected chi connectivity index (χ2v) is 4.87. The lowest BCUT2D eigenvalue weighted by atomic mass is 9.77. The quantitative estimate of drug-likeness (QED) is 0.694. The van der Waals surface area contributed by atoms with Crippen LogP contribution in [0.5, 0.6) is 0 Å². The molecule has 1 saturated carbocycles. The molecule has 1 aromatic carbocycles. The van der Waals surface area contributed by atoms with Gasteiger partial charge >= 0.3 is 0 Å². The maximum Gasteiger partial charge on any atom is 0.123 e. The number of allylic oxidation sites excluding steroid dienone is 1. The van der Waals surface area contributed by atoms with Crippen molar-refractivity contribution in [1.29, 1.82) is 0 Å². The Morgan fingerprint density at radius 1 is 1.06 bits per heavy atom. The first-order valence-electron chi connectivity index (χ1n) is 6.30. The standard InChI is InChI=1S/C15H18F2/c16-11-1-2-12-3-5-13(6-4-12)14-7-9-15(17)10-8-14/h1,7-13H,2-6H2. The molecular formula is C15H18F2. The molecule has 17 heavy (non-hydrogen) atoms. The van der Waals surface area contributed by atoms with E-state index in [0.717, 1.165) is 32.1 Å². The van der Waals surface area contributed by atoms with Crippen molar-refractivity contribution in [2.75, 3.05) is 0 Å². The van der Waals surface area contributed by atoms with E-state index < -0.39 is 0 Å². The molecule has 0 aromatic heterocycles. The van der Waals surface area contributed by atoms with Gasteiger partial charge < -0.3 is 0 Å². The van der Waals surface area contributed by atoms with Crippen molar-refractivity contribution in [1.82, 2.24) is 0 Å². The number of benzene rings is 1. The van der Waals surface area contributed by atoms with E-state index in [1.54, 1.807) is 6.08 Å². The van der Waals surface area contributed by atoms with Gasteiger partial charge in [-0.05, 0) is 61.6 Å². The molecule has 0 saturated heterocycles. The molecule has 0 nitrogen and oxygen atoms in total. The number of halogens is 2. The molecule has 0 bridgehead atoms. The topological polar surface area (TPSA) is 0 Å². The lowest BCUT2D eigenvalue weighted by Crippen LogP contribution is -2.12. The van der Waals surface area contributed by atoms with Crippen LogP contribution in [-0.4, -0.2) is 0 Å². The summed E-state index contributed by atoms with van der Waals surface area (Å²) in [6.45, 7) is 0. The van der Waals surface area contributed by atoms with Gasteiger partial charge in [0.25, 0.3) is 0 Å². The largest absolute Gasteiger partial charge is 0.216 e. The van der Waals surface area contributed by atoms with E-state index in [1.165, 1.54) is 17.7 Å². The summed E-state index contributed by atoms with van der Waals surface area (Å²) in [5, 5.41) is 0. The lowest BCUT2D eigenvalue weighted by molar-refractivity contribution is 0.327. The third-order valence-corrected chi connectivity index (χ3v) is 3.75. The molecule has 1 fully saturated rings. The molecule has 0 spiro atoms. The molecule has 0 unspecified atom stereocenters. The molecule has 92 valence electrons. The van der Waals surface area contributed by atoms with Gasteiger partial charge in [0.2, 0.25) is 0 Å². The highest BCUT2D eigenvalue weighted by atomic mass is 19.1. The van der Waals surface area contributed by atoms with E-state index >= 15 is 0 Å². The molecular weight excluding hydrogens is 218 g/mol. The summed E-state index contributed by atoms with van der Waals surface area (Å²) in [6, 6.07) is 6.85. The van der Waals surface area contributed by atoms with E-state index in [1.807, 2.05) is 12.1 Å². The zero-order valence-electron chi connectivity index (χ0n) is 9.91. The summed E-state index contributed by atoms with van der Waals surface area (Å²) >= 11 is 0. The van der Waals surface area contributed by atoms with E-state index in [9.17, 15) is 8.78 Å². The van der Waals surface area contributed by atoms with Gasteiger partial charge in [-0.3, -0.25) is 0 Å². The minimum absolute atomic E-state index is 0.171. The van der Waals surface area contributed by atoms with Crippen molar-refractivity contribution in [2.45, 2.75) is 38.0 Å². The van der Waals surface area contributed by atoms with Crippen molar-refractivity contribution in [3.8, 4) is 0 Å². The van der Waals surface area contributed by atoms with Gasteiger partial charge in [-0.2, -0.15) is 0 Å². The molecule has 0 aliphatic heterocycles. The Bertz CT molecular complexity index is 359. The maximum absolute atomic E-state index is 12.8. The summed E-state index contributed by atoms with van der Waals surface area (Å²) in [6.07, 6.45) is 7.67. The summed E-state index contributed by atoms with van der Waals surface area (Å²) in [5.41, 5.74) is 1.24. The number of rotatable bonds is 3. The number of hydrogen-bond donors (Lipinski definition) is 0. The minimum atomic E-state index is -0.171. The maximum atomic E-state index is 12.8. The molecule has 2 heteroatoms. The molecule has 1 aromatic rings. The van der Waals surface area contributed by atoms with Gasteiger partial charge in [0.1, 0.15) is 5.82 Å². The normalized spacial score (nSPS) is 25.3. The van der Waals surface area contributed by atoms with Crippen molar-refractivity contribution >= 4 is 0 Å².